The summed E-state index contributed by atoms with van der Waals surface area (Å²) in [4.78, 5) is 0. The van der Waals surface area contributed by atoms with Gasteiger partial charge in [-0.15, -0.1) is 0 Å². The van der Waals surface area contributed by atoms with Crippen LogP contribution in [0.1, 0.15) is 31.7 Å². The first-order valence-electron chi connectivity index (χ1n) is 6.78. The average molecular weight is 284 g/mol. The molecular formula is C15H22ClNO2. The molecule has 0 aromatic heterocycles. The molecule has 0 saturated heterocycles. The SMILES string of the molecule is COc1ccc(CNC(C)CC2CC2)c(Cl)c1OC. The van der Waals surface area contributed by atoms with Crippen molar-refractivity contribution in [2.24, 2.45) is 5.92 Å². The zero-order valence-corrected chi connectivity index (χ0v) is 12.6. The van der Waals surface area contributed by atoms with Crippen molar-refractivity contribution < 1.29 is 9.47 Å². The molecule has 1 unspecified atom stereocenters. The zero-order chi connectivity index (χ0) is 13.8. The van der Waals surface area contributed by atoms with E-state index in [1.165, 1.54) is 19.3 Å². The molecule has 1 aliphatic carbocycles. The molecule has 3 nitrogen and oxygen atoms in total. The third-order valence-corrected chi connectivity index (χ3v) is 4.00. The van der Waals surface area contributed by atoms with Crippen LogP contribution < -0.4 is 14.8 Å². The van der Waals surface area contributed by atoms with Crippen molar-refractivity contribution in [3.05, 3.63) is 22.7 Å². The fraction of sp³-hybridized carbons (Fsp3) is 0.600. The molecule has 1 aromatic carbocycles. The Morgan fingerprint density at radius 2 is 2.05 bits per heavy atom. The number of rotatable bonds is 7. The molecule has 1 atom stereocenters. The molecule has 1 N–H and O–H groups in total. The molecule has 1 aliphatic rings. The van der Waals surface area contributed by atoms with E-state index in [2.05, 4.69) is 12.2 Å². The Hall–Kier alpha value is -0.930. The van der Waals surface area contributed by atoms with Crippen molar-refractivity contribution in [2.75, 3.05) is 14.2 Å². The molecule has 0 amide bonds. The number of nitrogens with one attached hydrogen (secondary N) is 1. The minimum absolute atomic E-state index is 0.525. The van der Waals surface area contributed by atoms with Gasteiger partial charge < -0.3 is 14.8 Å². The summed E-state index contributed by atoms with van der Waals surface area (Å²) in [5, 5.41) is 4.15. The van der Waals surface area contributed by atoms with Crippen LogP contribution in [-0.4, -0.2) is 20.3 Å². The lowest BCUT2D eigenvalue weighted by atomic mass is 10.1. The van der Waals surface area contributed by atoms with E-state index < -0.39 is 0 Å². The van der Waals surface area contributed by atoms with Gasteiger partial charge in [0.2, 0.25) is 0 Å². The van der Waals surface area contributed by atoms with Gasteiger partial charge in [-0.25, -0.2) is 0 Å². The standard InChI is InChI=1S/C15H22ClNO2/c1-10(8-11-4-5-11)17-9-12-6-7-13(18-2)15(19-3)14(12)16/h6-7,10-11,17H,4-5,8-9H2,1-3H3. The Balaban J connectivity index is 1.99. The molecule has 19 heavy (non-hydrogen) atoms. The second kappa shape index (κ2) is 6.49. The lowest BCUT2D eigenvalue weighted by molar-refractivity contribution is 0.354. The number of halogens is 1. The molecule has 0 spiro atoms. The molecular weight excluding hydrogens is 262 g/mol. The first-order chi connectivity index (χ1) is 9.15. The molecule has 1 fully saturated rings. The van der Waals surface area contributed by atoms with Gasteiger partial charge in [-0.2, -0.15) is 0 Å². The first-order valence-corrected chi connectivity index (χ1v) is 7.16. The highest BCUT2D eigenvalue weighted by Gasteiger charge is 2.23. The van der Waals surface area contributed by atoms with Crippen LogP contribution in [0, 0.1) is 5.92 Å². The van der Waals surface area contributed by atoms with Gasteiger partial charge in [0, 0.05) is 12.6 Å². The summed E-state index contributed by atoms with van der Waals surface area (Å²) in [6, 6.07) is 4.41. The molecule has 0 aliphatic heterocycles. The zero-order valence-electron chi connectivity index (χ0n) is 11.8. The van der Waals surface area contributed by atoms with Crippen LogP contribution in [0.5, 0.6) is 11.5 Å². The number of hydrogen-bond acceptors (Lipinski definition) is 3. The lowest BCUT2D eigenvalue weighted by Crippen LogP contribution is -2.26. The van der Waals surface area contributed by atoms with Crippen molar-refractivity contribution in [3.8, 4) is 11.5 Å². The average Bonchev–Trinajstić information content (AvgIpc) is 3.20. The van der Waals surface area contributed by atoms with E-state index in [1.807, 2.05) is 12.1 Å². The third-order valence-electron chi connectivity index (χ3n) is 3.59. The Bertz CT molecular complexity index is 432. The van der Waals surface area contributed by atoms with Gasteiger partial charge in [0.1, 0.15) is 0 Å². The summed E-state index contributed by atoms with van der Waals surface area (Å²) in [7, 11) is 3.22. The topological polar surface area (TPSA) is 30.5 Å². The van der Waals surface area contributed by atoms with Crippen LogP contribution in [0.3, 0.4) is 0 Å². The van der Waals surface area contributed by atoms with Gasteiger partial charge in [0.15, 0.2) is 11.5 Å². The summed E-state index contributed by atoms with van der Waals surface area (Å²) in [5.74, 6) is 2.21. The van der Waals surface area contributed by atoms with Crippen LogP contribution >= 0.6 is 11.6 Å². The summed E-state index contributed by atoms with van der Waals surface area (Å²) in [5.41, 5.74) is 1.04. The monoisotopic (exact) mass is 283 g/mol. The van der Waals surface area contributed by atoms with Crippen molar-refractivity contribution in [3.63, 3.8) is 0 Å². The Labute approximate surface area is 120 Å². The Morgan fingerprint density at radius 1 is 1.32 bits per heavy atom. The van der Waals surface area contributed by atoms with E-state index in [9.17, 15) is 0 Å². The summed E-state index contributed by atoms with van der Waals surface area (Å²) < 4.78 is 10.5. The maximum atomic E-state index is 6.35. The summed E-state index contributed by atoms with van der Waals surface area (Å²) >= 11 is 6.35. The smallest absolute Gasteiger partial charge is 0.179 e. The highest BCUT2D eigenvalue weighted by Crippen LogP contribution is 2.37. The molecule has 106 valence electrons. The van der Waals surface area contributed by atoms with E-state index in [0.29, 0.717) is 22.6 Å². The van der Waals surface area contributed by atoms with Crippen LogP contribution in [0.4, 0.5) is 0 Å². The van der Waals surface area contributed by atoms with Crippen molar-refractivity contribution in [1.82, 2.24) is 5.32 Å². The van der Waals surface area contributed by atoms with Crippen molar-refractivity contribution in [2.45, 2.75) is 38.8 Å². The minimum Gasteiger partial charge on any atom is -0.493 e. The fourth-order valence-electron chi connectivity index (χ4n) is 2.29. The van der Waals surface area contributed by atoms with Crippen molar-refractivity contribution >= 4 is 11.6 Å². The first kappa shape index (κ1) is 14.5. The predicted octanol–water partition coefficient (Wildman–Crippen LogP) is 3.64. The number of hydrogen-bond donors (Lipinski definition) is 1. The van der Waals surface area contributed by atoms with Gasteiger partial charge in [0.05, 0.1) is 19.2 Å². The summed E-state index contributed by atoms with van der Waals surface area (Å²) in [6.07, 6.45) is 4.04. The Morgan fingerprint density at radius 3 is 2.63 bits per heavy atom. The van der Waals surface area contributed by atoms with Crippen LogP contribution in [-0.2, 0) is 6.54 Å². The van der Waals surface area contributed by atoms with Crippen LogP contribution in [0.2, 0.25) is 5.02 Å². The van der Waals surface area contributed by atoms with Gasteiger partial charge >= 0.3 is 0 Å². The maximum Gasteiger partial charge on any atom is 0.179 e. The molecule has 0 bridgehead atoms. The predicted molar refractivity (Wildman–Crippen MR) is 78.2 cm³/mol. The highest BCUT2D eigenvalue weighted by atomic mass is 35.5. The van der Waals surface area contributed by atoms with Gasteiger partial charge in [-0.1, -0.05) is 30.5 Å². The van der Waals surface area contributed by atoms with Crippen LogP contribution in [0.25, 0.3) is 0 Å². The molecule has 0 radical (unpaired) electrons. The van der Waals surface area contributed by atoms with E-state index in [0.717, 1.165) is 18.0 Å². The molecule has 1 aromatic rings. The lowest BCUT2D eigenvalue weighted by Gasteiger charge is -2.16. The molecule has 1 saturated carbocycles. The van der Waals surface area contributed by atoms with Gasteiger partial charge in [0.25, 0.3) is 0 Å². The van der Waals surface area contributed by atoms with E-state index >= 15 is 0 Å². The highest BCUT2D eigenvalue weighted by molar-refractivity contribution is 6.33. The molecule has 0 heterocycles. The fourth-order valence-corrected chi connectivity index (χ4v) is 2.59. The Kier molecular flexibility index (Phi) is 4.94. The maximum absolute atomic E-state index is 6.35. The number of methoxy groups -OCH3 is 2. The van der Waals surface area contributed by atoms with Gasteiger partial charge in [-0.3, -0.25) is 0 Å². The van der Waals surface area contributed by atoms with E-state index in [-0.39, 0.29) is 0 Å². The second-order valence-electron chi connectivity index (χ2n) is 5.24. The number of benzene rings is 1. The van der Waals surface area contributed by atoms with Crippen molar-refractivity contribution in [1.29, 1.82) is 0 Å². The van der Waals surface area contributed by atoms with E-state index in [1.54, 1.807) is 14.2 Å². The van der Waals surface area contributed by atoms with E-state index in [4.69, 9.17) is 21.1 Å². The quantitative estimate of drug-likeness (QED) is 0.829. The number of ether oxygens (including phenoxy) is 2. The summed E-state index contributed by atoms with van der Waals surface area (Å²) in [6.45, 7) is 2.99. The second-order valence-corrected chi connectivity index (χ2v) is 5.61. The molecule has 2 rings (SSSR count). The molecule has 4 heteroatoms. The normalized spacial score (nSPS) is 16.2. The minimum atomic E-state index is 0.525. The van der Waals surface area contributed by atoms with Gasteiger partial charge in [-0.05, 0) is 30.9 Å². The largest absolute Gasteiger partial charge is 0.493 e. The van der Waals surface area contributed by atoms with Crippen LogP contribution in [0.15, 0.2) is 12.1 Å². The third kappa shape index (κ3) is 3.77.